The van der Waals surface area contributed by atoms with Crippen molar-refractivity contribution in [3.63, 3.8) is 0 Å². The number of carbonyl (C=O) groups is 6. The number of benzene rings is 4. The minimum Gasteiger partial charge on any atom is -0.507 e. The van der Waals surface area contributed by atoms with E-state index in [4.69, 9.17) is 0 Å². The van der Waals surface area contributed by atoms with Crippen LogP contribution < -0.4 is 5.43 Å². The van der Waals surface area contributed by atoms with E-state index in [9.17, 15) is 39.0 Å². The van der Waals surface area contributed by atoms with Crippen LogP contribution in [0, 0.1) is 0 Å². The number of hydrazine groups is 1. The third kappa shape index (κ3) is 4.73. The van der Waals surface area contributed by atoms with Crippen molar-refractivity contribution in [3.05, 3.63) is 118 Å². The van der Waals surface area contributed by atoms with Crippen LogP contribution in [0.1, 0.15) is 62.1 Å². The summed E-state index contributed by atoms with van der Waals surface area (Å²) >= 11 is 0. The molecular formula is C31H19N5O8. The molecule has 6 rings (SSSR count). The van der Waals surface area contributed by atoms with Gasteiger partial charge in [0, 0.05) is 0 Å². The molecule has 0 bridgehead atoms. The first-order chi connectivity index (χ1) is 21.1. The molecule has 0 unspecified atom stereocenters. The molecule has 0 radical (unpaired) electrons. The van der Waals surface area contributed by atoms with E-state index < -0.39 is 53.4 Å². The van der Waals surface area contributed by atoms with E-state index in [-0.39, 0.29) is 44.8 Å². The van der Waals surface area contributed by atoms with Gasteiger partial charge in [0.15, 0.2) is 5.78 Å². The zero-order valence-electron chi connectivity index (χ0n) is 22.4. The van der Waals surface area contributed by atoms with Gasteiger partial charge in [-0.2, -0.15) is 15.2 Å². The number of carbonyl (C=O) groups excluding carboxylic acids is 6. The van der Waals surface area contributed by atoms with Gasteiger partial charge in [-0.05, 0) is 60.7 Å². The summed E-state index contributed by atoms with van der Waals surface area (Å²) in [7, 11) is 0. The van der Waals surface area contributed by atoms with E-state index in [1.54, 1.807) is 24.3 Å². The highest BCUT2D eigenvalue weighted by Gasteiger charge is 2.38. The fourth-order valence-corrected chi connectivity index (χ4v) is 4.76. The molecule has 4 aromatic carbocycles. The molecule has 3 N–H and O–H groups in total. The number of fused-ring (bicyclic) bond motifs is 2. The van der Waals surface area contributed by atoms with E-state index >= 15 is 0 Å². The summed E-state index contributed by atoms with van der Waals surface area (Å²) in [5.74, 6) is -5.23. The Morgan fingerprint density at radius 1 is 0.614 bits per heavy atom. The van der Waals surface area contributed by atoms with Crippen LogP contribution in [0.25, 0.3) is 0 Å². The van der Waals surface area contributed by atoms with Crippen molar-refractivity contribution >= 4 is 46.7 Å². The maximum Gasteiger partial charge on any atom is 0.280 e. The number of phenols is 2. The quantitative estimate of drug-likeness (QED) is 0.164. The van der Waals surface area contributed by atoms with Crippen LogP contribution in [-0.2, 0) is 0 Å². The molecule has 0 saturated heterocycles. The molecule has 5 amide bonds. The molecule has 2 aliphatic heterocycles. The Balaban J connectivity index is 1.18. The minimum atomic E-state index is -0.959. The summed E-state index contributed by atoms with van der Waals surface area (Å²) in [5.41, 5.74) is 2.50. The monoisotopic (exact) mass is 589 g/mol. The average Bonchev–Trinajstić information content (AvgIpc) is 3.41. The molecule has 0 aliphatic carbocycles. The molecule has 44 heavy (non-hydrogen) atoms. The van der Waals surface area contributed by atoms with Crippen LogP contribution >= 0.6 is 0 Å². The van der Waals surface area contributed by atoms with E-state index in [1.807, 2.05) is 0 Å². The number of phenolic OH excluding ortho intramolecular Hbond substituents is 2. The molecule has 0 spiro atoms. The van der Waals surface area contributed by atoms with E-state index in [0.717, 1.165) is 4.90 Å². The molecule has 13 nitrogen and oxygen atoms in total. The molecule has 4 aromatic rings. The second kappa shape index (κ2) is 10.7. The third-order valence-electron chi connectivity index (χ3n) is 6.97. The topological polar surface area (TPSA) is 186 Å². The summed E-state index contributed by atoms with van der Waals surface area (Å²) < 4.78 is 0. The van der Waals surface area contributed by atoms with Crippen molar-refractivity contribution in [1.29, 1.82) is 0 Å². The van der Waals surface area contributed by atoms with Crippen molar-refractivity contribution < 1.29 is 39.0 Å². The number of aromatic hydroxyl groups is 2. The number of hydrogen-bond donors (Lipinski definition) is 3. The number of nitrogens with one attached hydrogen (secondary N) is 1. The molecule has 0 aromatic heterocycles. The van der Waals surface area contributed by atoms with Crippen LogP contribution in [0.4, 0.5) is 11.4 Å². The summed E-state index contributed by atoms with van der Waals surface area (Å²) in [6.45, 7) is -0.607. The first kappa shape index (κ1) is 27.7. The van der Waals surface area contributed by atoms with Crippen molar-refractivity contribution in [2.75, 3.05) is 6.54 Å². The zero-order valence-corrected chi connectivity index (χ0v) is 22.4. The van der Waals surface area contributed by atoms with Gasteiger partial charge < -0.3 is 10.2 Å². The van der Waals surface area contributed by atoms with Crippen LogP contribution in [0.2, 0.25) is 0 Å². The maximum absolute atomic E-state index is 13.0. The van der Waals surface area contributed by atoms with Gasteiger partial charge in [0.2, 0.25) is 0 Å². The second-order valence-electron chi connectivity index (χ2n) is 9.70. The SMILES string of the molecule is O=C(CN1C(=O)c2ccccc2C1=O)c1cc(N=Nc2ccc(O)c(C(=O)NN3C(=O)c4ccccc4C3=O)c2)ccc1O. The molecule has 216 valence electrons. The second-order valence-corrected chi connectivity index (χ2v) is 9.70. The minimum absolute atomic E-state index is 0.0855. The number of imide groups is 2. The number of hydrogen-bond acceptors (Lipinski definition) is 10. The Hall–Kier alpha value is -6.50. The van der Waals surface area contributed by atoms with Crippen LogP contribution in [0.3, 0.4) is 0 Å². The number of amides is 5. The van der Waals surface area contributed by atoms with Gasteiger partial charge in [0.1, 0.15) is 11.5 Å². The van der Waals surface area contributed by atoms with Gasteiger partial charge in [-0.25, -0.2) is 0 Å². The molecule has 0 saturated carbocycles. The fraction of sp³-hybridized carbons (Fsp3) is 0.0323. The van der Waals surface area contributed by atoms with Crippen LogP contribution in [0.15, 0.2) is 95.2 Å². The predicted octanol–water partition coefficient (Wildman–Crippen LogP) is 3.93. The van der Waals surface area contributed by atoms with Crippen LogP contribution in [0.5, 0.6) is 11.5 Å². The van der Waals surface area contributed by atoms with Gasteiger partial charge in [0.05, 0.1) is 51.3 Å². The highest BCUT2D eigenvalue weighted by atomic mass is 16.3. The van der Waals surface area contributed by atoms with Crippen molar-refractivity contribution in [3.8, 4) is 11.5 Å². The Morgan fingerprint density at radius 2 is 1.05 bits per heavy atom. The lowest BCUT2D eigenvalue weighted by atomic mass is 10.1. The Bertz CT molecular complexity index is 1770. The number of Topliss-reactive ketones (excluding diaryl/α,β-unsaturated/α-hetero) is 1. The number of rotatable bonds is 7. The fourth-order valence-electron chi connectivity index (χ4n) is 4.76. The molecule has 13 heteroatoms. The van der Waals surface area contributed by atoms with Crippen molar-refractivity contribution in [2.45, 2.75) is 0 Å². The largest absolute Gasteiger partial charge is 0.507 e. The Morgan fingerprint density at radius 3 is 1.55 bits per heavy atom. The van der Waals surface area contributed by atoms with E-state index in [0.29, 0.717) is 5.01 Å². The van der Waals surface area contributed by atoms with Crippen LogP contribution in [-0.4, -0.2) is 62.0 Å². The zero-order chi connectivity index (χ0) is 31.1. The van der Waals surface area contributed by atoms with Gasteiger partial charge >= 0.3 is 0 Å². The molecule has 0 fully saturated rings. The Labute approximate surface area is 247 Å². The molecular weight excluding hydrogens is 570 g/mol. The summed E-state index contributed by atoms with van der Waals surface area (Å²) in [6.07, 6.45) is 0. The number of nitrogens with zero attached hydrogens (tertiary/aromatic N) is 4. The van der Waals surface area contributed by atoms with Gasteiger partial charge in [0.25, 0.3) is 29.5 Å². The predicted molar refractivity (Wildman–Crippen MR) is 151 cm³/mol. The van der Waals surface area contributed by atoms with Crippen molar-refractivity contribution in [2.24, 2.45) is 10.2 Å². The van der Waals surface area contributed by atoms with E-state index in [2.05, 4.69) is 15.7 Å². The third-order valence-corrected chi connectivity index (χ3v) is 6.97. The first-order valence-corrected chi connectivity index (χ1v) is 13.0. The van der Waals surface area contributed by atoms with Gasteiger partial charge in [-0.1, -0.05) is 24.3 Å². The Kier molecular flexibility index (Phi) is 6.74. The molecule has 0 atom stereocenters. The molecule has 2 heterocycles. The van der Waals surface area contributed by atoms with Gasteiger partial charge in [-0.15, -0.1) is 0 Å². The first-order valence-electron chi connectivity index (χ1n) is 13.0. The lowest BCUT2D eigenvalue weighted by molar-refractivity contribution is 0.0516. The molecule has 2 aliphatic rings. The standard InChI is InChI=1S/C31H19N5O8/c37-24-11-9-16(13-22(24)26(39)15-35-28(41)18-5-1-2-6-19(18)29(35)42)32-33-17-10-12-25(38)23(14-17)27(40)34-36-30(43)20-7-3-4-8-21(20)31(36)44/h1-14,37-38H,15H2,(H,34,40). The highest BCUT2D eigenvalue weighted by molar-refractivity contribution is 6.23. The summed E-state index contributed by atoms with van der Waals surface area (Å²) in [4.78, 5) is 77.1. The van der Waals surface area contributed by atoms with Crippen molar-refractivity contribution in [1.82, 2.24) is 15.3 Å². The lowest BCUT2D eigenvalue weighted by Crippen LogP contribution is -2.45. The highest BCUT2D eigenvalue weighted by Crippen LogP contribution is 2.30. The van der Waals surface area contributed by atoms with Gasteiger partial charge in [-0.3, -0.25) is 39.1 Å². The summed E-state index contributed by atoms with van der Waals surface area (Å²) in [6, 6.07) is 19.7. The number of azo groups is 1. The smallest absolute Gasteiger partial charge is 0.280 e. The average molecular weight is 590 g/mol. The summed E-state index contributed by atoms with van der Waals surface area (Å²) in [5, 5.41) is 29.2. The number of ketones is 1. The lowest BCUT2D eigenvalue weighted by Gasteiger charge is -2.15. The normalized spacial score (nSPS) is 13.9. The maximum atomic E-state index is 13.0. The van der Waals surface area contributed by atoms with E-state index in [1.165, 1.54) is 60.7 Å².